The van der Waals surface area contributed by atoms with Gasteiger partial charge in [0.15, 0.2) is 5.82 Å². The maximum Gasteiger partial charge on any atom is 0.268 e. The van der Waals surface area contributed by atoms with Crippen molar-refractivity contribution in [2.45, 2.75) is 26.2 Å². The van der Waals surface area contributed by atoms with Crippen LogP contribution < -0.4 is 10.6 Å². The number of aromatic nitrogens is 2. The molecular weight excluding hydrogens is 348 g/mol. The second kappa shape index (κ2) is 7.00. The molecule has 0 saturated heterocycles. The minimum absolute atomic E-state index is 0.0562. The highest BCUT2D eigenvalue weighted by molar-refractivity contribution is 6.30. The van der Waals surface area contributed by atoms with Gasteiger partial charge in [-0.2, -0.15) is 0 Å². The summed E-state index contributed by atoms with van der Waals surface area (Å²) in [5.41, 5.74) is 3.20. The quantitative estimate of drug-likeness (QED) is 0.606. The van der Waals surface area contributed by atoms with Gasteiger partial charge < -0.3 is 15.6 Å². The van der Waals surface area contributed by atoms with Crippen molar-refractivity contribution in [2.24, 2.45) is 5.92 Å². The number of halogens is 1. The van der Waals surface area contributed by atoms with Gasteiger partial charge in [-0.15, -0.1) is 0 Å². The van der Waals surface area contributed by atoms with Crippen molar-refractivity contribution >= 4 is 39.9 Å². The van der Waals surface area contributed by atoms with Crippen LogP contribution in [0.3, 0.4) is 0 Å². The zero-order chi connectivity index (χ0) is 18.1. The maximum absolute atomic E-state index is 12.6. The molecule has 3 N–H and O–H groups in total. The summed E-state index contributed by atoms with van der Waals surface area (Å²) in [6.45, 7) is 2.71. The average molecular weight is 369 g/mol. The third kappa shape index (κ3) is 3.27. The summed E-state index contributed by atoms with van der Waals surface area (Å²) in [5, 5.41) is 7.97. The molecule has 0 atom stereocenters. The van der Waals surface area contributed by atoms with Crippen LogP contribution in [-0.2, 0) is 0 Å². The van der Waals surface area contributed by atoms with E-state index in [0.29, 0.717) is 22.5 Å². The van der Waals surface area contributed by atoms with Gasteiger partial charge in [-0.05, 0) is 55.5 Å². The van der Waals surface area contributed by atoms with Gasteiger partial charge in [0.05, 0.1) is 5.52 Å². The number of pyridine rings is 1. The van der Waals surface area contributed by atoms with E-state index in [9.17, 15) is 4.79 Å². The van der Waals surface area contributed by atoms with Gasteiger partial charge in [0.25, 0.3) is 5.91 Å². The first-order valence-electron chi connectivity index (χ1n) is 8.90. The highest BCUT2D eigenvalue weighted by atomic mass is 35.5. The van der Waals surface area contributed by atoms with E-state index in [2.05, 4.69) is 20.6 Å². The van der Waals surface area contributed by atoms with Gasteiger partial charge in [-0.1, -0.05) is 24.1 Å². The number of aryl methyl sites for hydroxylation is 1. The Bertz CT molecular complexity index is 962. The van der Waals surface area contributed by atoms with E-state index in [1.54, 1.807) is 6.20 Å². The molecule has 1 aliphatic carbocycles. The van der Waals surface area contributed by atoms with Gasteiger partial charge in [-0.3, -0.25) is 4.79 Å². The summed E-state index contributed by atoms with van der Waals surface area (Å²) in [5.74, 6) is 1.25. The molecule has 1 aliphatic rings. The predicted octanol–water partition coefficient (Wildman–Crippen LogP) is 4.80. The van der Waals surface area contributed by atoms with Crippen molar-refractivity contribution < 1.29 is 4.79 Å². The molecule has 3 aromatic rings. The molecule has 26 heavy (non-hydrogen) atoms. The SMILES string of the molecule is Cc1c(C(=O)NCC2CCC2)[nH]c2c(Nc3cccc(Cl)c3)nccc12. The van der Waals surface area contributed by atoms with Crippen LogP contribution in [0, 0.1) is 12.8 Å². The number of hydrogen-bond acceptors (Lipinski definition) is 3. The molecule has 134 valence electrons. The summed E-state index contributed by atoms with van der Waals surface area (Å²) < 4.78 is 0. The average Bonchev–Trinajstić information content (AvgIpc) is 2.92. The molecule has 4 rings (SSSR count). The molecule has 6 heteroatoms. The number of aromatic amines is 1. The van der Waals surface area contributed by atoms with E-state index in [-0.39, 0.29) is 5.91 Å². The van der Waals surface area contributed by atoms with E-state index >= 15 is 0 Å². The number of nitrogens with one attached hydrogen (secondary N) is 3. The second-order valence-electron chi connectivity index (χ2n) is 6.85. The molecule has 0 radical (unpaired) electrons. The van der Waals surface area contributed by atoms with Crippen molar-refractivity contribution in [3.8, 4) is 0 Å². The highest BCUT2D eigenvalue weighted by Gasteiger charge is 2.21. The standard InChI is InChI=1S/C20H21ClN4O/c1-12-16-8-9-22-19(24-15-7-3-6-14(21)10-15)18(16)25-17(12)20(26)23-11-13-4-2-5-13/h3,6-10,13,25H,2,4-5,11H2,1H3,(H,22,24)(H,23,26). The Labute approximate surface area is 157 Å². The fourth-order valence-electron chi connectivity index (χ4n) is 3.30. The minimum atomic E-state index is -0.0562. The monoisotopic (exact) mass is 368 g/mol. The number of nitrogens with zero attached hydrogens (tertiary/aromatic N) is 1. The van der Waals surface area contributed by atoms with Crippen LogP contribution in [-0.4, -0.2) is 22.4 Å². The van der Waals surface area contributed by atoms with Gasteiger partial charge >= 0.3 is 0 Å². The first-order valence-corrected chi connectivity index (χ1v) is 9.27. The number of H-pyrrole nitrogens is 1. The first-order chi connectivity index (χ1) is 12.6. The Morgan fingerprint density at radius 2 is 2.19 bits per heavy atom. The van der Waals surface area contributed by atoms with Crippen LogP contribution in [0.2, 0.25) is 5.02 Å². The first kappa shape index (κ1) is 16.9. The third-order valence-corrected chi connectivity index (χ3v) is 5.31. The van der Waals surface area contributed by atoms with Crippen molar-refractivity contribution in [3.63, 3.8) is 0 Å². The maximum atomic E-state index is 12.6. The number of carbonyl (C=O) groups excluding carboxylic acids is 1. The van der Waals surface area contributed by atoms with Crippen LogP contribution in [0.4, 0.5) is 11.5 Å². The van der Waals surface area contributed by atoms with Crippen molar-refractivity contribution in [1.82, 2.24) is 15.3 Å². The number of benzene rings is 1. The zero-order valence-corrected chi connectivity index (χ0v) is 15.4. The Hall–Kier alpha value is -2.53. The lowest BCUT2D eigenvalue weighted by Gasteiger charge is -2.25. The minimum Gasteiger partial charge on any atom is -0.350 e. The number of amides is 1. The molecule has 2 aromatic heterocycles. The van der Waals surface area contributed by atoms with E-state index < -0.39 is 0 Å². The predicted molar refractivity (Wildman–Crippen MR) is 105 cm³/mol. The highest BCUT2D eigenvalue weighted by Crippen LogP contribution is 2.29. The molecule has 5 nitrogen and oxygen atoms in total. The van der Waals surface area contributed by atoms with Gasteiger partial charge in [0, 0.05) is 28.8 Å². The summed E-state index contributed by atoms with van der Waals surface area (Å²) in [4.78, 5) is 20.3. The topological polar surface area (TPSA) is 69.8 Å². The molecule has 0 spiro atoms. The third-order valence-electron chi connectivity index (χ3n) is 5.07. The number of carbonyl (C=O) groups is 1. The molecule has 0 unspecified atom stereocenters. The number of rotatable bonds is 5. The van der Waals surface area contributed by atoms with Crippen LogP contribution in [0.1, 0.15) is 35.3 Å². The van der Waals surface area contributed by atoms with Gasteiger partial charge in [0.2, 0.25) is 0 Å². The van der Waals surface area contributed by atoms with E-state index in [4.69, 9.17) is 11.6 Å². The van der Waals surface area contributed by atoms with Gasteiger partial charge in [0.1, 0.15) is 5.69 Å². The van der Waals surface area contributed by atoms with Crippen molar-refractivity contribution in [1.29, 1.82) is 0 Å². The number of fused-ring (bicyclic) bond motifs is 1. The molecule has 0 bridgehead atoms. The van der Waals surface area contributed by atoms with E-state index in [1.807, 2.05) is 37.3 Å². The smallest absolute Gasteiger partial charge is 0.268 e. The largest absolute Gasteiger partial charge is 0.350 e. The van der Waals surface area contributed by atoms with Crippen LogP contribution in [0.5, 0.6) is 0 Å². The van der Waals surface area contributed by atoms with E-state index in [1.165, 1.54) is 19.3 Å². The second-order valence-corrected chi connectivity index (χ2v) is 7.29. The molecule has 2 heterocycles. The molecular formula is C20H21ClN4O. The Kier molecular flexibility index (Phi) is 4.55. The van der Waals surface area contributed by atoms with Gasteiger partial charge in [-0.25, -0.2) is 4.98 Å². The van der Waals surface area contributed by atoms with Crippen LogP contribution in [0.25, 0.3) is 10.9 Å². The molecule has 1 aromatic carbocycles. The molecule has 1 fully saturated rings. The fraction of sp³-hybridized carbons (Fsp3) is 0.300. The summed E-state index contributed by atoms with van der Waals surface area (Å²) in [7, 11) is 0. The Morgan fingerprint density at radius 3 is 2.92 bits per heavy atom. The zero-order valence-electron chi connectivity index (χ0n) is 14.6. The fourth-order valence-corrected chi connectivity index (χ4v) is 3.49. The summed E-state index contributed by atoms with van der Waals surface area (Å²) in [6.07, 6.45) is 5.44. The number of hydrogen-bond donors (Lipinski definition) is 3. The van der Waals surface area contributed by atoms with E-state index in [0.717, 1.165) is 28.7 Å². The van der Waals surface area contributed by atoms with Crippen LogP contribution >= 0.6 is 11.6 Å². The van der Waals surface area contributed by atoms with Crippen molar-refractivity contribution in [2.75, 3.05) is 11.9 Å². The number of anilines is 2. The summed E-state index contributed by atoms with van der Waals surface area (Å²) in [6, 6.07) is 9.39. The lowest BCUT2D eigenvalue weighted by Crippen LogP contribution is -2.32. The Balaban J connectivity index is 1.62. The lowest BCUT2D eigenvalue weighted by molar-refractivity contribution is 0.0934. The normalized spacial score (nSPS) is 14.2. The molecule has 0 aliphatic heterocycles. The lowest BCUT2D eigenvalue weighted by atomic mass is 9.85. The summed E-state index contributed by atoms with van der Waals surface area (Å²) >= 11 is 6.06. The van der Waals surface area contributed by atoms with Crippen LogP contribution in [0.15, 0.2) is 36.5 Å². The Morgan fingerprint density at radius 1 is 1.35 bits per heavy atom. The van der Waals surface area contributed by atoms with Crippen molar-refractivity contribution in [3.05, 3.63) is 52.8 Å². The molecule has 1 amide bonds. The molecule has 1 saturated carbocycles.